The second-order valence-electron chi connectivity index (χ2n) is 6.63. The molecule has 6 nitrogen and oxygen atoms in total. The van der Waals surface area contributed by atoms with Gasteiger partial charge in [0.05, 0.1) is 13.3 Å². The molecule has 3 aromatic rings. The van der Waals surface area contributed by atoms with Gasteiger partial charge in [0.25, 0.3) is 5.91 Å². The van der Waals surface area contributed by atoms with Crippen LogP contribution in [-0.4, -0.2) is 25.3 Å². The Balaban J connectivity index is 1.57. The molecule has 0 radical (unpaired) electrons. The van der Waals surface area contributed by atoms with Gasteiger partial charge in [0.1, 0.15) is 23.9 Å². The van der Waals surface area contributed by atoms with Crippen molar-refractivity contribution in [1.29, 1.82) is 0 Å². The normalized spacial score (nSPS) is 11.7. The highest BCUT2D eigenvalue weighted by molar-refractivity contribution is 6.30. The van der Waals surface area contributed by atoms with Crippen molar-refractivity contribution in [3.63, 3.8) is 0 Å². The quantitative estimate of drug-likeness (QED) is 0.383. The average Bonchev–Trinajstić information content (AvgIpc) is 2.78. The fourth-order valence-electron chi connectivity index (χ4n) is 2.70. The van der Waals surface area contributed by atoms with E-state index in [4.69, 9.17) is 25.8 Å². The van der Waals surface area contributed by atoms with Crippen molar-refractivity contribution >= 4 is 23.7 Å². The van der Waals surface area contributed by atoms with Crippen LogP contribution in [0.25, 0.3) is 0 Å². The fraction of sp³-hybridized carbons (Fsp3) is 0.167. The van der Waals surface area contributed by atoms with E-state index in [0.717, 1.165) is 16.9 Å². The molecule has 0 heterocycles. The first-order valence-corrected chi connectivity index (χ1v) is 10.0. The summed E-state index contributed by atoms with van der Waals surface area (Å²) in [6.07, 6.45) is 0.792. The van der Waals surface area contributed by atoms with Gasteiger partial charge in [0.15, 0.2) is 6.10 Å². The first-order chi connectivity index (χ1) is 15.0. The minimum atomic E-state index is -0.741. The predicted molar refractivity (Wildman–Crippen MR) is 121 cm³/mol. The maximum absolute atomic E-state index is 12.3. The van der Waals surface area contributed by atoms with Crippen LogP contribution >= 0.6 is 11.6 Å². The summed E-state index contributed by atoms with van der Waals surface area (Å²) in [7, 11) is 1.63. The lowest BCUT2D eigenvalue weighted by molar-refractivity contribution is -0.127. The number of hydrogen-bond acceptors (Lipinski definition) is 5. The molecule has 0 spiro atoms. The Morgan fingerprint density at radius 1 is 1.06 bits per heavy atom. The number of hydrogen-bond donors (Lipinski definition) is 1. The Labute approximate surface area is 186 Å². The van der Waals surface area contributed by atoms with E-state index in [9.17, 15) is 4.79 Å². The van der Waals surface area contributed by atoms with Crippen LogP contribution in [0, 0.1) is 0 Å². The molecule has 7 heteroatoms. The van der Waals surface area contributed by atoms with Gasteiger partial charge < -0.3 is 14.2 Å². The van der Waals surface area contributed by atoms with Crippen LogP contribution in [0.15, 0.2) is 77.9 Å². The Morgan fingerprint density at radius 3 is 2.65 bits per heavy atom. The smallest absolute Gasteiger partial charge is 0.280 e. The maximum atomic E-state index is 12.3. The topological polar surface area (TPSA) is 69.2 Å². The van der Waals surface area contributed by atoms with E-state index in [1.165, 1.54) is 6.21 Å². The minimum absolute atomic E-state index is 0.374. The number of para-hydroxylation sites is 1. The molecule has 1 unspecified atom stereocenters. The van der Waals surface area contributed by atoms with E-state index < -0.39 is 6.10 Å². The zero-order valence-electron chi connectivity index (χ0n) is 17.2. The largest absolute Gasteiger partial charge is 0.497 e. The van der Waals surface area contributed by atoms with Gasteiger partial charge in [-0.25, -0.2) is 5.43 Å². The number of nitrogens with one attached hydrogen (secondary N) is 1. The lowest BCUT2D eigenvalue weighted by Crippen LogP contribution is -2.33. The second-order valence-corrected chi connectivity index (χ2v) is 7.07. The molecule has 160 valence electrons. The van der Waals surface area contributed by atoms with Crippen LogP contribution in [0.2, 0.25) is 5.02 Å². The number of carbonyl (C=O) groups is 1. The third-order valence-corrected chi connectivity index (χ3v) is 4.54. The van der Waals surface area contributed by atoms with Crippen LogP contribution in [-0.2, 0) is 11.4 Å². The van der Waals surface area contributed by atoms with Crippen molar-refractivity contribution in [1.82, 2.24) is 5.43 Å². The van der Waals surface area contributed by atoms with Gasteiger partial charge in [0.2, 0.25) is 0 Å². The van der Waals surface area contributed by atoms with Gasteiger partial charge in [-0.15, -0.1) is 0 Å². The number of nitrogens with zero attached hydrogens (tertiary/aromatic N) is 1. The number of rotatable bonds is 9. The maximum Gasteiger partial charge on any atom is 0.280 e. The molecule has 31 heavy (non-hydrogen) atoms. The monoisotopic (exact) mass is 438 g/mol. The van der Waals surface area contributed by atoms with E-state index in [0.29, 0.717) is 23.1 Å². The van der Waals surface area contributed by atoms with E-state index >= 15 is 0 Å². The summed E-state index contributed by atoms with van der Waals surface area (Å²) in [4.78, 5) is 12.3. The first kappa shape index (κ1) is 22.2. The third-order valence-electron chi connectivity index (χ3n) is 4.30. The molecule has 0 aliphatic carbocycles. The van der Waals surface area contributed by atoms with Gasteiger partial charge in [0, 0.05) is 10.6 Å². The van der Waals surface area contributed by atoms with Crippen LogP contribution in [0.1, 0.15) is 18.1 Å². The lowest BCUT2D eigenvalue weighted by atomic mass is 10.2. The fourth-order valence-corrected chi connectivity index (χ4v) is 2.88. The van der Waals surface area contributed by atoms with Crippen LogP contribution in [0.4, 0.5) is 0 Å². The number of methoxy groups -OCH3 is 1. The number of carbonyl (C=O) groups excluding carboxylic acids is 1. The van der Waals surface area contributed by atoms with Gasteiger partial charge >= 0.3 is 0 Å². The van der Waals surface area contributed by atoms with E-state index in [1.807, 2.05) is 48.5 Å². The summed E-state index contributed by atoms with van der Waals surface area (Å²) in [5, 5.41) is 4.57. The Kier molecular flexibility index (Phi) is 7.90. The molecule has 1 amide bonds. The van der Waals surface area contributed by atoms with Crippen molar-refractivity contribution in [3.8, 4) is 17.2 Å². The molecule has 0 aliphatic rings. The van der Waals surface area contributed by atoms with Crippen LogP contribution in [0.3, 0.4) is 0 Å². The van der Waals surface area contributed by atoms with Crippen molar-refractivity contribution in [2.75, 3.05) is 7.11 Å². The van der Waals surface area contributed by atoms with Crippen LogP contribution in [0.5, 0.6) is 17.2 Å². The molecular formula is C24H23ClN2O4. The van der Waals surface area contributed by atoms with Gasteiger partial charge in [-0.1, -0.05) is 41.9 Å². The SMILES string of the molecule is COc1cccc(COc2ccccc2C=NNC(=O)C(C)Oc2cccc(Cl)c2)c1. The van der Waals surface area contributed by atoms with Crippen molar-refractivity contribution in [2.24, 2.45) is 5.10 Å². The molecule has 1 N–H and O–H groups in total. The van der Waals surface area contributed by atoms with Gasteiger partial charge in [-0.3, -0.25) is 4.79 Å². The zero-order chi connectivity index (χ0) is 22.1. The highest BCUT2D eigenvalue weighted by Gasteiger charge is 2.14. The Morgan fingerprint density at radius 2 is 1.84 bits per heavy atom. The van der Waals surface area contributed by atoms with Crippen molar-refractivity contribution in [3.05, 3.63) is 88.9 Å². The average molecular weight is 439 g/mol. The molecule has 0 bridgehead atoms. The van der Waals surface area contributed by atoms with E-state index in [-0.39, 0.29) is 5.91 Å². The van der Waals surface area contributed by atoms with Gasteiger partial charge in [-0.05, 0) is 55.0 Å². The number of halogens is 1. The number of amides is 1. The minimum Gasteiger partial charge on any atom is -0.497 e. The van der Waals surface area contributed by atoms with Crippen molar-refractivity contribution in [2.45, 2.75) is 19.6 Å². The van der Waals surface area contributed by atoms with E-state index in [1.54, 1.807) is 38.3 Å². The Hall–Kier alpha value is -3.51. The number of hydrazone groups is 1. The third kappa shape index (κ3) is 6.76. The summed E-state index contributed by atoms with van der Waals surface area (Å²) in [6, 6.07) is 22.0. The molecule has 3 aromatic carbocycles. The summed E-state index contributed by atoms with van der Waals surface area (Å²) < 4.78 is 16.7. The predicted octanol–water partition coefficient (Wildman–Crippen LogP) is 4.85. The summed E-state index contributed by atoms with van der Waals surface area (Å²) in [5.74, 6) is 1.54. The molecule has 1 atom stereocenters. The van der Waals surface area contributed by atoms with Crippen LogP contribution < -0.4 is 19.6 Å². The Bertz CT molecular complexity index is 1060. The lowest BCUT2D eigenvalue weighted by Gasteiger charge is -2.13. The van der Waals surface area contributed by atoms with Gasteiger partial charge in [-0.2, -0.15) is 5.10 Å². The van der Waals surface area contributed by atoms with Crippen molar-refractivity contribution < 1.29 is 19.0 Å². The molecule has 3 rings (SSSR count). The first-order valence-electron chi connectivity index (χ1n) is 9.65. The molecule has 0 saturated heterocycles. The molecule has 0 fully saturated rings. The molecule has 0 saturated carbocycles. The molecule has 0 aromatic heterocycles. The zero-order valence-corrected chi connectivity index (χ0v) is 18.0. The number of benzene rings is 3. The standard InChI is InChI=1S/C24H23ClN2O4/c1-17(31-22-11-6-9-20(25)14-22)24(28)27-26-15-19-8-3-4-12-23(19)30-16-18-7-5-10-21(13-18)29-2/h3-15,17H,16H2,1-2H3,(H,27,28). The highest BCUT2D eigenvalue weighted by Crippen LogP contribution is 2.20. The molecule has 0 aliphatic heterocycles. The summed E-state index contributed by atoms with van der Waals surface area (Å²) in [5.41, 5.74) is 4.19. The van der Waals surface area contributed by atoms with E-state index in [2.05, 4.69) is 10.5 Å². The highest BCUT2D eigenvalue weighted by atomic mass is 35.5. The summed E-state index contributed by atoms with van der Waals surface area (Å²) in [6.45, 7) is 2.01. The summed E-state index contributed by atoms with van der Waals surface area (Å²) >= 11 is 5.93. The number of ether oxygens (including phenoxy) is 3. The second kappa shape index (κ2) is 11.0. The molecular weight excluding hydrogens is 416 g/mol.